The molecule has 7 heteroatoms. The van der Waals surface area contributed by atoms with Crippen molar-refractivity contribution < 1.29 is 13.7 Å². The molecule has 6 nitrogen and oxygen atoms in total. The van der Waals surface area contributed by atoms with Crippen LogP contribution in [0.4, 0.5) is 10.2 Å². The van der Waals surface area contributed by atoms with Gasteiger partial charge in [-0.1, -0.05) is 23.4 Å². The zero-order valence-electron chi connectivity index (χ0n) is 13.1. The second-order valence-electron chi connectivity index (χ2n) is 5.28. The van der Waals surface area contributed by atoms with E-state index in [4.69, 9.17) is 9.26 Å². The Bertz CT molecular complexity index is 821. The van der Waals surface area contributed by atoms with E-state index in [0.29, 0.717) is 28.2 Å². The van der Waals surface area contributed by atoms with Crippen LogP contribution in [0.15, 0.2) is 35.1 Å². The number of anilines is 1. The Hall–Kier alpha value is -2.54. The van der Waals surface area contributed by atoms with Gasteiger partial charge in [0.25, 0.3) is 5.71 Å². The van der Waals surface area contributed by atoms with E-state index in [1.54, 1.807) is 25.3 Å². The lowest BCUT2D eigenvalue weighted by Crippen LogP contribution is -2.27. The van der Waals surface area contributed by atoms with E-state index in [1.807, 2.05) is 13.8 Å². The molecule has 0 radical (unpaired) electrons. The van der Waals surface area contributed by atoms with Gasteiger partial charge < -0.3 is 14.6 Å². The number of hydrogen-bond donors (Lipinski definition) is 1. The lowest BCUT2D eigenvalue weighted by atomic mass is 10.0. The van der Waals surface area contributed by atoms with Crippen LogP contribution in [0.2, 0.25) is 0 Å². The molecule has 1 N–H and O–H groups in total. The molecule has 0 unspecified atom stereocenters. The number of benzene rings is 1. The lowest BCUT2D eigenvalue weighted by molar-refractivity contribution is 0.0876. The van der Waals surface area contributed by atoms with Gasteiger partial charge in [-0.15, -0.1) is 0 Å². The first-order chi connectivity index (χ1) is 11.1. The van der Waals surface area contributed by atoms with E-state index in [9.17, 15) is 4.39 Å². The first kappa shape index (κ1) is 15.4. The number of aromatic nitrogens is 3. The molecule has 1 aromatic carbocycles. The van der Waals surface area contributed by atoms with Crippen LogP contribution in [0.25, 0.3) is 11.1 Å². The molecular weight excluding hydrogens is 299 g/mol. The number of hydrogen-bond acceptors (Lipinski definition) is 6. The van der Waals surface area contributed by atoms with E-state index in [-0.39, 0.29) is 11.9 Å². The maximum Gasteiger partial charge on any atom is 0.263 e. The summed E-state index contributed by atoms with van der Waals surface area (Å²) in [5.74, 6) is 0.279. The SMILES string of the molecule is CO[C@@H](c1ccccc1F)[C@@H](C)Nc1ncnc2onc(C)c12. The molecule has 0 fully saturated rings. The molecule has 2 heterocycles. The second kappa shape index (κ2) is 6.29. The molecule has 0 bridgehead atoms. The maximum absolute atomic E-state index is 14.0. The summed E-state index contributed by atoms with van der Waals surface area (Å²) in [5.41, 5.74) is 1.59. The minimum absolute atomic E-state index is 0.232. The molecule has 0 spiro atoms. The third kappa shape index (κ3) is 2.87. The van der Waals surface area contributed by atoms with Gasteiger partial charge in [-0.25, -0.2) is 9.37 Å². The summed E-state index contributed by atoms with van der Waals surface area (Å²) in [5, 5.41) is 7.85. The number of fused-ring (bicyclic) bond motifs is 1. The van der Waals surface area contributed by atoms with Crippen LogP contribution in [0, 0.1) is 12.7 Å². The Morgan fingerprint density at radius 2 is 2.04 bits per heavy atom. The molecule has 0 saturated carbocycles. The van der Waals surface area contributed by atoms with Gasteiger partial charge >= 0.3 is 0 Å². The molecular formula is C16H17FN4O2. The highest BCUT2D eigenvalue weighted by atomic mass is 19.1. The zero-order valence-corrected chi connectivity index (χ0v) is 13.1. The van der Waals surface area contributed by atoms with Crippen molar-refractivity contribution in [1.29, 1.82) is 0 Å². The molecule has 23 heavy (non-hydrogen) atoms. The fraction of sp³-hybridized carbons (Fsp3) is 0.312. The normalized spacial score (nSPS) is 13.9. The van der Waals surface area contributed by atoms with Gasteiger partial charge in [0.1, 0.15) is 29.5 Å². The quantitative estimate of drug-likeness (QED) is 0.779. The van der Waals surface area contributed by atoms with E-state index < -0.39 is 6.10 Å². The number of rotatable bonds is 5. The largest absolute Gasteiger partial charge is 0.375 e. The summed E-state index contributed by atoms with van der Waals surface area (Å²) >= 11 is 0. The van der Waals surface area contributed by atoms with Crippen LogP contribution in [-0.4, -0.2) is 28.3 Å². The van der Waals surface area contributed by atoms with Crippen molar-refractivity contribution in [2.24, 2.45) is 0 Å². The number of halogens is 1. The highest BCUT2D eigenvalue weighted by Gasteiger charge is 2.23. The Balaban J connectivity index is 1.91. The first-order valence-electron chi connectivity index (χ1n) is 7.22. The molecule has 3 rings (SSSR count). The summed E-state index contributed by atoms with van der Waals surface area (Å²) in [7, 11) is 1.55. The van der Waals surface area contributed by atoms with Gasteiger partial charge in [0.2, 0.25) is 0 Å². The Labute approximate surface area is 132 Å². The van der Waals surface area contributed by atoms with Crippen LogP contribution < -0.4 is 5.32 Å². The molecule has 0 aliphatic rings. The molecule has 2 aromatic heterocycles. The van der Waals surface area contributed by atoms with Gasteiger partial charge in [0.05, 0.1) is 11.7 Å². The standard InChI is InChI=1S/C16H17FN4O2/c1-9-13-15(18-8-19-16(13)23-21-9)20-10(2)14(22-3)11-6-4-5-7-12(11)17/h4-8,10,14H,1-3H3,(H,18,19,20)/t10-,14-/m1/s1. The molecule has 0 aliphatic heterocycles. The van der Waals surface area contributed by atoms with Gasteiger partial charge in [-0.05, 0) is 19.9 Å². The number of aryl methyl sites for hydroxylation is 1. The highest BCUT2D eigenvalue weighted by molar-refractivity contribution is 5.87. The highest BCUT2D eigenvalue weighted by Crippen LogP contribution is 2.28. The van der Waals surface area contributed by atoms with Crippen LogP contribution in [0.5, 0.6) is 0 Å². The lowest BCUT2D eigenvalue weighted by Gasteiger charge is -2.25. The van der Waals surface area contributed by atoms with E-state index in [0.717, 1.165) is 0 Å². The summed E-state index contributed by atoms with van der Waals surface area (Å²) in [6.45, 7) is 3.72. The fourth-order valence-corrected chi connectivity index (χ4v) is 2.63. The van der Waals surface area contributed by atoms with Crippen molar-refractivity contribution in [2.45, 2.75) is 26.0 Å². The molecule has 3 aromatic rings. The summed E-state index contributed by atoms with van der Waals surface area (Å²) in [6, 6.07) is 6.33. The Morgan fingerprint density at radius 3 is 2.78 bits per heavy atom. The maximum atomic E-state index is 14.0. The van der Waals surface area contributed by atoms with E-state index in [2.05, 4.69) is 20.4 Å². The summed E-state index contributed by atoms with van der Waals surface area (Å²) in [6.07, 6.45) is 0.925. The monoisotopic (exact) mass is 316 g/mol. The van der Waals surface area contributed by atoms with Crippen LogP contribution in [0.3, 0.4) is 0 Å². The first-order valence-corrected chi connectivity index (χ1v) is 7.22. The van der Waals surface area contributed by atoms with Gasteiger partial charge in [-0.3, -0.25) is 0 Å². The Kier molecular flexibility index (Phi) is 4.20. The van der Waals surface area contributed by atoms with Gasteiger partial charge in [0.15, 0.2) is 0 Å². The molecule has 0 saturated heterocycles. The predicted octanol–water partition coefficient (Wildman–Crippen LogP) is 3.25. The van der Waals surface area contributed by atoms with Crippen LogP contribution >= 0.6 is 0 Å². The Morgan fingerprint density at radius 1 is 1.26 bits per heavy atom. The minimum Gasteiger partial charge on any atom is -0.375 e. The number of nitrogens with zero attached hydrogens (tertiary/aromatic N) is 3. The molecule has 0 aliphatic carbocycles. The molecule has 120 valence electrons. The van der Waals surface area contributed by atoms with E-state index in [1.165, 1.54) is 12.4 Å². The van der Waals surface area contributed by atoms with Gasteiger partial charge in [-0.2, -0.15) is 4.98 Å². The molecule has 2 atom stereocenters. The summed E-state index contributed by atoms with van der Waals surface area (Å²) in [4.78, 5) is 8.28. The average molecular weight is 316 g/mol. The van der Waals surface area contributed by atoms with Crippen LogP contribution in [0.1, 0.15) is 24.3 Å². The predicted molar refractivity (Wildman–Crippen MR) is 83.6 cm³/mol. The third-order valence-corrected chi connectivity index (χ3v) is 3.73. The van der Waals surface area contributed by atoms with Crippen molar-refractivity contribution in [3.8, 4) is 0 Å². The van der Waals surface area contributed by atoms with Crippen molar-refractivity contribution in [3.05, 3.63) is 47.7 Å². The van der Waals surface area contributed by atoms with Crippen molar-refractivity contribution in [3.63, 3.8) is 0 Å². The molecule has 0 amide bonds. The summed E-state index contributed by atoms with van der Waals surface area (Å²) < 4.78 is 24.7. The van der Waals surface area contributed by atoms with Crippen molar-refractivity contribution in [2.75, 3.05) is 12.4 Å². The number of methoxy groups -OCH3 is 1. The van der Waals surface area contributed by atoms with Gasteiger partial charge in [0, 0.05) is 12.7 Å². The topological polar surface area (TPSA) is 73.1 Å². The average Bonchev–Trinajstić information content (AvgIpc) is 2.92. The fourth-order valence-electron chi connectivity index (χ4n) is 2.63. The zero-order chi connectivity index (χ0) is 16.4. The second-order valence-corrected chi connectivity index (χ2v) is 5.28. The van der Waals surface area contributed by atoms with Crippen LogP contribution in [-0.2, 0) is 4.74 Å². The number of ether oxygens (including phenoxy) is 1. The number of nitrogens with one attached hydrogen (secondary N) is 1. The third-order valence-electron chi connectivity index (χ3n) is 3.73. The van der Waals surface area contributed by atoms with E-state index >= 15 is 0 Å². The van der Waals surface area contributed by atoms with Crippen molar-refractivity contribution >= 4 is 16.9 Å². The smallest absolute Gasteiger partial charge is 0.263 e. The van der Waals surface area contributed by atoms with Crippen molar-refractivity contribution in [1.82, 2.24) is 15.1 Å². The minimum atomic E-state index is -0.471.